The Kier molecular flexibility index (Phi) is 6.08. The normalized spacial score (nSPS) is 11.6. The zero-order chi connectivity index (χ0) is 21.0. The molecule has 6 nitrogen and oxygen atoms in total. The zero-order valence-corrected chi connectivity index (χ0v) is 17.2. The van der Waals surface area contributed by atoms with E-state index in [0.717, 1.165) is 16.7 Å². The Bertz CT molecular complexity index is 1090. The average Bonchev–Trinajstić information content (AvgIpc) is 3.09. The van der Waals surface area contributed by atoms with Crippen LogP contribution >= 0.6 is 0 Å². The Balaban J connectivity index is 2.23. The number of carboxylic acid groups (broad SMARTS) is 1. The average molecular weight is 413 g/mol. The fourth-order valence-electron chi connectivity index (χ4n) is 3.47. The number of carbonyl (C=O) groups is 1. The van der Waals surface area contributed by atoms with Gasteiger partial charge in [0.25, 0.3) is 10.0 Å². The Morgan fingerprint density at radius 1 is 1.03 bits per heavy atom. The van der Waals surface area contributed by atoms with Crippen LogP contribution in [-0.4, -0.2) is 30.1 Å². The Hall–Kier alpha value is -3.06. The summed E-state index contributed by atoms with van der Waals surface area (Å²) in [4.78, 5) is 11.0. The number of benzene rings is 2. The molecule has 0 bridgehead atoms. The van der Waals surface area contributed by atoms with E-state index in [9.17, 15) is 13.2 Å². The third-order valence-electron chi connectivity index (χ3n) is 4.69. The molecule has 0 aliphatic rings. The van der Waals surface area contributed by atoms with E-state index in [2.05, 4.69) is 5.32 Å². The van der Waals surface area contributed by atoms with E-state index in [0.29, 0.717) is 12.1 Å². The lowest BCUT2D eigenvalue weighted by Crippen LogP contribution is -2.23. The first-order chi connectivity index (χ1) is 13.8. The maximum atomic E-state index is 13.5. The first-order valence-electron chi connectivity index (χ1n) is 9.39. The largest absolute Gasteiger partial charge is 0.465 e. The Morgan fingerprint density at radius 2 is 1.62 bits per heavy atom. The molecule has 0 saturated carbocycles. The highest BCUT2D eigenvalue weighted by Gasteiger charge is 2.27. The van der Waals surface area contributed by atoms with Gasteiger partial charge in [-0.3, -0.25) is 0 Å². The maximum Gasteiger partial charge on any atom is 0.404 e. The molecule has 7 heteroatoms. The molecule has 0 aliphatic carbocycles. The van der Waals surface area contributed by atoms with Gasteiger partial charge < -0.3 is 10.4 Å². The number of amides is 1. The molecule has 3 aromatic rings. The minimum atomic E-state index is -3.81. The summed E-state index contributed by atoms with van der Waals surface area (Å²) in [7, 11) is -3.81. The Morgan fingerprint density at radius 3 is 2.17 bits per heavy atom. The van der Waals surface area contributed by atoms with Crippen molar-refractivity contribution >= 4 is 16.1 Å². The molecule has 0 radical (unpaired) electrons. The van der Waals surface area contributed by atoms with Gasteiger partial charge in [-0.1, -0.05) is 62.4 Å². The number of nitrogens with one attached hydrogen (secondary N) is 1. The van der Waals surface area contributed by atoms with Crippen LogP contribution in [-0.2, 0) is 16.4 Å². The van der Waals surface area contributed by atoms with E-state index in [1.807, 2.05) is 44.2 Å². The number of nitrogens with zero attached hydrogens (tertiary/aromatic N) is 1. The lowest BCUT2D eigenvalue weighted by molar-refractivity contribution is 0.194. The van der Waals surface area contributed by atoms with Crippen LogP contribution < -0.4 is 5.32 Å². The van der Waals surface area contributed by atoms with Crippen LogP contribution in [0.5, 0.6) is 0 Å². The second-order valence-electron chi connectivity index (χ2n) is 7.03. The van der Waals surface area contributed by atoms with Crippen LogP contribution in [0.25, 0.3) is 11.3 Å². The molecule has 2 aromatic carbocycles. The van der Waals surface area contributed by atoms with E-state index in [1.165, 1.54) is 3.97 Å². The first-order valence-corrected chi connectivity index (χ1v) is 10.8. The van der Waals surface area contributed by atoms with Gasteiger partial charge in [0.15, 0.2) is 0 Å². The van der Waals surface area contributed by atoms with Gasteiger partial charge in [0.1, 0.15) is 0 Å². The summed E-state index contributed by atoms with van der Waals surface area (Å²) in [6.45, 7) is 4.23. The molecule has 0 aliphatic heterocycles. The number of hydrogen-bond acceptors (Lipinski definition) is 3. The summed E-state index contributed by atoms with van der Waals surface area (Å²) >= 11 is 0. The van der Waals surface area contributed by atoms with E-state index >= 15 is 0 Å². The lowest BCUT2D eigenvalue weighted by Gasteiger charge is -2.15. The topological polar surface area (TPSA) is 88.4 Å². The number of rotatable bonds is 7. The van der Waals surface area contributed by atoms with Crippen molar-refractivity contribution < 1.29 is 18.3 Å². The lowest BCUT2D eigenvalue weighted by atomic mass is 9.94. The van der Waals surface area contributed by atoms with E-state index in [4.69, 9.17) is 5.11 Å². The summed E-state index contributed by atoms with van der Waals surface area (Å²) in [6, 6.07) is 17.7. The molecule has 2 N–H and O–H groups in total. The first kappa shape index (κ1) is 20.7. The standard InChI is InChI=1S/C22H24N2O4S/c1-16(2)20-18(13-14-23-22(25)26)15-24(21(20)17-9-5-3-6-10-17)29(27,28)19-11-7-4-8-12-19/h3-12,15-16,23H,13-14H2,1-2H3,(H,25,26). The minimum absolute atomic E-state index is 0.0530. The van der Waals surface area contributed by atoms with E-state index in [-0.39, 0.29) is 17.4 Å². The van der Waals surface area contributed by atoms with Gasteiger partial charge in [0.2, 0.25) is 0 Å². The molecular weight excluding hydrogens is 388 g/mol. The van der Waals surface area contributed by atoms with Crippen LogP contribution in [0.4, 0.5) is 4.79 Å². The van der Waals surface area contributed by atoms with Gasteiger partial charge in [-0.05, 0) is 41.2 Å². The van der Waals surface area contributed by atoms with Crippen molar-refractivity contribution in [2.24, 2.45) is 0 Å². The van der Waals surface area contributed by atoms with E-state index in [1.54, 1.807) is 36.5 Å². The molecule has 29 heavy (non-hydrogen) atoms. The SMILES string of the molecule is CC(C)c1c(CCNC(=O)O)cn(S(=O)(=O)c2ccccc2)c1-c1ccccc1. The van der Waals surface area contributed by atoms with Crippen molar-refractivity contribution in [2.45, 2.75) is 31.1 Å². The molecular formula is C22H24N2O4S. The van der Waals surface area contributed by atoms with Crippen LogP contribution in [0.1, 0.15) is 30.9 Å². The van der Waals surface area contributed by atoms with Gasteiger partial charge in [-0.2, -0.15) is 0 Å². The third kappa shape index (κ3) is 4.35. The third-order valence-corrected chi connectivity index (χ3v) is 6.36. The predicted octanol–water partition coefficient (Wildman–Crippen LogP) is 4.33. The van der Waals surface area contributed by atoms with Gasteiger partial charge in [0, 0.05) is 12.7 Å². The zero-order valence-electron chi connectivity index (χ0n) is 16.4. The summed E-state index contributed by atoms with van der Waals surface area (Å²) in [5.74, 6) is 0.0530. The maximum absolute atomic E-state index is 13.5. The van der Waals surface area contributed by atoms with Crippen LogP contribution in [0.3, 0.4) is 0 Å². The van der Waals surface area contributed by atoms with Gasteiger partial charge >= 0.3 is 6.09 Å². The van der Waals surface area contributed by atoms with Crippen molar-refractivity contribution in [3.8, 4) is 11.3 Å². The predicted molar refractivity (Wildman–Crippen MR) is 113 cm³/mol. The molecule has 0 saturated heterocycles. The summed E-state index contributed by atoms with van der Waals surface area (Å²) < 4.78 is 28.2. The quantitative estimate of drug-likeness (QED) is 0.605. The fraction of sp³-hybridized carbons (Fsp3) is 0.227. The highest BCUT2D eigenvalue weighted by molar-refractivity contribution is 7.90. The van der Waals surface area contributed by atoms with Gasteiger partial charge in [-0.15, -0.1) is 0 Å². The monoisotopic (exact) mass is 412 g/mol. The molecule has 0 unspecified atom stereocenters. The van der Waals surface area contributed by atoms with Crippen molar-refractivity contribution in [2.75, 3.05) is 6.54 Å². The molecule has 1 amide bonds. The van der Waals surface area contributed by atoms with Crippen molar-refractivity contribution in [1.29, 1.82) is 0 Å². The molecule has 0 spiro atoms. The minimum Gasteiger partial charge on any atom is -0.465 e. The van der Waals surface area contributed by atoms with E-state index < -0.39 is 16.1 Å². The molecule has 152 valence electrons. The summed E-state index contributed by atoms with van der Waals surface area (Å²) in [5, 5.41) is 11.2. The second-order valence-corrected chi connectivity index (χ2v) is 8.85. The summed E-state index contributed by atoms with van der Waals surface area (Å²) in [6.07, 6.45) is 0.927. The Labute approximate surface area is 170 Å². The summed E-state index contributed by atoms with van der Waals surface area (Å²) in [5.41, 5.74) is 3.14. The van der Waals surface area contributed by atoms with Crippen LogP contribution in [0, 0.1) is 0 Å². The van der Waals surface area contributed by atoms with Crippen LogP contribution in [0.15, 0.2) is 71.8 Å². The second kappa shape index (κ2) is 8.53. The van der Waals surface area contributed by atoms with Crippen molar-refractivity contribution in [3.63, 3.8) is 0 Å². The van der Waals surface area contributed by atoms with Crippen molar-refractivity contribution in [1.82, 2.24) is 9.29 Å². The highest BCUT2D eigenvalue weighted by Crippen LogP contribution is 2.36. The molecule has 0 atom stereocenters. The number of hydrogen-bond donors (Lipinski definition) is 2. The van der Waals surface area contributed by atoms with Crippen LogP contribution in [0.2, 0.25) is 0 Å². The fourth-order valence-corrected chi connectivity index (χ4v) is 4.91. The molecule has 3 rings (SSSR count). The molecule has 0 fully saturated rings. The highest BCUT2D eigenvalue weighted by atomic mass is 32.2. The van der Waals surface area contributed by atoms with Gasteiger partial charge in [0.05, 0.1) is 10.6 Å². The van der Waals surface area contributed by atoms with Crippen molar-refractivity contribution in [3.05, 3.63) is 78.0 Å². The smallest absolute Gasteiger partial charge is 0.404 e. The van der Waals surface area contributed by atoms with Gasteiger partial charge in [-0.25, -0.2) is 17.2 Å². The molecule has 1 heterocycles. The number of aromatic nitrogens is 1. The molecule has 1 aromatic heterocycles.